The Morgan fingerprint density at radius 3 is 2.38 bits per heavy atom. The van der Waals surface area contributed by atoms with Gasteiger partial charge in [0, 0.05) is 11.8 Å². The summed E-state index contributed by atoms with van der Waals surface area (Å²) in [6, 6.07) is 8.52. The summed E-state index contributed by atoms with van der Waals surface area (Å²) >= 11 is 0. The van der Waals surface area contributed by atoms with Crippen LogP contribution in [-0.4, -0.2) is 9.78 Å². The molecule has 0 aliphatic rings. The van der Waals surface area contributed by atoms with Gasteiger partial charge in [-0.1, -0.05) is 12.1 Å². The van der Waals surface area contributed by atoms with E-state index < -0.39 is 0 Å². The summed E-state index contributed by atoms with van der Waals surface area (Å²) < 4.78 is 15.4. The van der Waals surface area contributed by atoms with Crippen LogP contribution in [0.2, 0.25) is 0 Å². The third kappa shape index (κ3) is 1.98. The van der Waals surface area contributed by atoms with Crippen LogP contribution in [-0.2, 0) is 5.54 Å². The maximum Gasteiger partial charge on any atom is 0.132 e. The van der Waals surface area contributed by atoms with Crippen molar-refractivity contribution >= 4 is 0 Å². The predicted octanol–water partition coefficient (Wildman–Crippen LogP) is 3.44. The molecule has 0 unspecified atom stereocenters. The summed E-state index contributed by atoms with van der Waals surface area (Å²) in [4.78, 5) is 0. The number of aromatic nitrogens is 2. The highest BCUT2D eigenvalue weighted by atomic mass is 19.1. The van der Waals surface area contributed by atoms with Crippen molar-refractivity contribution in [3.63, 3.8) is 0 Å². The van der Waals surface area contributed by atoms with Crippen molar-refractivity contribution in [2.24, 2.45) is 0 Å². The summed E-state index contributed by atoms with van der Waals surface area (Å²) in [5.74, 6) is -0.235. The van der Waals surface area contributed by atoms with Gasteiger partial charge in [0.05, 0.1) is 11.2 Å². The molecule has 84 valence electrons. The van der Waals surface area contributed by atoms with E-state index in [1.165, 1.54) is 6.07 Å². The van der Waals surface area contributed by atoms with Gasteiger partial charge < -0.3 is 0 Å². The molecule has 0 N–H and O–H groups in total. The highest BCUT2D eigenvalue weighted by Gasteiger charge is 2.15. The lowest BCUT2D eigenvalue weighted by Gasteiger charge is -2.18. The van der Waals surface area contributed by atoms with Gasteiger partial charge in [0.2, 0.25) is 0 Å². The SMILES string of the molecule is CC(C)(C)n1ccc(-c2ccccc2F)n1. The summed E-state index contributed by atoms with van der Waals surface area (Å²) in [5, 5.41) is 4.39. The van der Waals surface area contributed by atoms with E-state index in [-0.39, 0.29) is 11.4 Å². The zero-order valence-electron chi connectivity index (χ0n) is 9.74. The number of rotatable bonds is 1. The molecule has 0 bridgehead atoms. The normalized spacial score (nSPS) is 11.8. The minimum absolute atomic E-state index is 0.0799. The van der Waals surface area contributed by atoms with Crippen LogP contribution in [0.15, 0.2) is 36.5 Å². The molecule has 2 rings (SSSR count). The first-order valence-corrected chi connectivity index (χ1v) is 5.29. The first-order chi connectivity index (χ1) is 7.48. The van der Waals surface area contributed by atoms with Gasteiger partial charge in [0.15, 0.2) is 0 Å². The van der Waals surface area contributed by atoms with Gasteiger partial charge in [-0.3, -0.25) is 4.68 Å². The molecule has 16 heavy (non-hydrogen) atoms. The van der Waals surface area contributed by atoms with E-state index in [0.717, 1.165) is 0 Å². The third-order valence-corrected chi connectivity index (χ3v) is 2.43. The first-order valence-electron chi connectivity index (χ1n) is 5.29. The van der Waals surface area contributed by atoms with Gasteiger partial charge in [-0.2, -0.15) is 5.10 Å². The van der Waals surface area contributed by atoms with E-state index in [4.69, 9.17) is 0 Å². The standard InChI is InChI=1S/C13H15FN2/c1-13(2,3)16-9-8-12(15-16)10-6-4-5-7-11(10)14/h4-9H,1-3H3. The molecule has 0 spiro atoms. The van der Waals surface area contributed by atoms with Gasteiger partial charge in [-0.05, 0) is 39.0 Å². The van der Waals surface area contributed by atoms with Crippen LogP contribution in [0.1, 0.15) is 20.8 Å². The van der Waals surface area contributed by atoms with E-state index in [9.17, 15) is 4.39 Å². The van der Waals surface area contributed by atoms with Crippen LogP contribution >= 0.6 is 0 Å². The van der Waals surface area contributed by atoms with E-state index in [2.05, 4.69) is 25.9 Å². The summed E-state index contributed by atoms with van der Waals surface area (Å²) in [7, 11) is 0. The van der Waals surface area contributed by atoms with Gasteiger partial charge in [0.1, 0.15) is 5.82 Å². The molecular weight excluding hydrogens is 203 g/mol. The van der Waals surface area contributed by atoms with Crippen molar-refractivity contribution in [1.29, 1.82) is 0 Å². The third-order valence-electron chi connectivity index (χ3n) is 2.43. The molecule has 2 aromatic rings. The van der Waals surface area contributed by atoms with Crippen LogP contribution in [0.4, 0.5) is 4.39 Å². The van der Waals surface area contributed by atoms with E-state index >= 15 is 0 Å². The second-order valence-electron chi connectivity index (χ2n) is 4.80. The smallest absolute Gasteiger partial charge is 0.132 e. The molecule has 0 atom stereocenters. The Labute approximate surface area is 94.7 Å². The molecule has 2 nitrogen and oxygen atoms in total. The van der Waals surface area contributed by atoms with Crippen molar-refractivity contribution in [2.45, 2.75) is 26.3 Å². The molecule has 0 saturated carbocycles. The van der Waals surface area contributed by atoms with Crippen molar-refractivity contribution < 1.29 is 4.39 Å². The van der Waals surface area contributed by atoms with Crippen LogP contribution in [0, 0.1) is 5.82 Å². The molecule has 0 aliphatic carbocycles. The quantitative estimate of drug-likeness (QED) is 0.717. The first kappa shape index (κ1) is 10.9. The van der Waals surface area contributed by atoms with Crippen LogP contribution < -0.4 is 0 Å². The van der Waals surface area contributed by atoms with Crippen LogP contribution in [0.5, 0.6) is 0 Å². The van der Waals surface area contributed by atoms with E-state index in [0.29, 0.717) is 11.3 Å². The monoisotopic (exact) mass is 218 g/mol. The Hall–Kier alpha value is -1.64. The molecule has 1 heterocycles. The van der Waals surface area contributed by atoms with E-state index in [1.54, 1.807) is 12.1 Å². The van der Waals surface area contributed by atoms with Gasteiger partial charge in [-0.15, -0.1) is 0 Å². The fraction of sp³-hybridized carbons (Fsp3) is 0.308. The zero-order chi connectivity index (χ0) is 11.8. The Balaban J connectivity index is 2.44. The number of nitrogens with zero attached hydrogens (tertiary/aromatic N) is 2. The summed E-state index contributed by atoms with van der Waals surface area (Å²) in [6.07, 6.45) is 1.88. The number of hydrogen-bond donors (Lipinski definition) is 0. The topological polar surface area (TPSA) is 17.8 Å². The molecule has 3 heteroatoms. The average Bonchev–Trinajstić information content (AvgIpc) is 2.66. The highest BCUT2D eigenvalue weighted by molar-refractivity contribution is 5.59. The Kier molecular flexibility index (Phi) is 2.54. The maximum absolute atomic E-state index is 13.5. The Morgan fingerprint density at radius 1 is 1.12 bits per heavy atom. The number of benzene rings is 1. The van der Waals surface area contributed by atoms with Crippen molar-refractivity contribution in [1.82, 2.24) is 9.78 Å². The largest absolute Gasteiger partial charge is 0.267 e. The molecule has 0 fully saturated rings. The Morgan fingerprint density at radius 2 is 1.81 bits per heavy atom. The molecule has 0 radical (unpaired) electrons. The minimum Gasteiger partial charge on any atom is -0.267 e. The van der Waals surface area contributed by atoms with Crippen LogP contribution in [0.3, 0.4) is 0 Å². The lowest BCUT2D eigenvalue weighted by molar-refractivity contribution is 0.356. The van der Waals surface area contributed by atoms with Crippen molar-refractivity contribution in [3.05, 3.63) is 42.3 Å². The fourth-order valence-electron chi connectivity index (χ4n) is 1.51. The highest BCUT2D eigenvalue weighted by Crippen LogP contribution is 2.22. The number of halogens is 1. The number of hydrogen-bond acceptors (Lipinski definition) is 1. The molecule has 0 aliphatic heterocycles. The maximum atomic E-state index is 13.5. The molecule has 1 aromatic carbocycles. The second kappa shape index (κ2) is 3.74. The summed E-state index contributed by atoms with van der Waals surface area (Å²) in [6.45, 7) is 6.18. The Bertz CT molecular complexity index is 495. The lowest BCUT2D eigenvalue weighted by atomic mass is 10.1. The average molecular weight is 218 g/mol. The fourth-order valence-corrected chi connectivity index (χ4v) is 1.51. The van der Waals surface area contributed by atoms with Gasteiger partial charge >= 0.3 is 0 Å². The van der Waals surface area contributed by atoms with E-state index in [1.807, 2.05) is 23.0 Å². The van der Waals surface area contributed by atoms with Crippen LogP contribution in [0.25, 0.3) is 11.3 Å². The van der Waals surface area contributed by atoms with Gasteiger partial charge in [-0.25, -0.2) is 4.39 Å². The molecule has 0 amide bonds. The predicted molar refractivity (Wildman–Crippen MR) is 62.6 cm³/mol. The van der Waals surface area contributed by atoms with Crippen molar-refractivity contribution in [2.75, 3.05) is 0 Å². The minimum atomic E-state index is -0.235. The molecule has 1 aromatic heterocycles. The zero-order valence-corrected chi connectivity index (χ0v) is 9.74. The van der Waals surface area contributed by atoms with Gasteiger partial charge in [0.25, 0.3) is 0 Å². The van der Waals surface area contributed by atoms with Crippen molar-refractivity contribution in [3.8, 4) is 11.3 Å². The molecule has 0 saturated heterocycles. The lowest BCUT2D eigenvalue weighted by Crippen LogP contribution is -2.22. The summed E-state index contributed by atoms with van der Waals surface area (Å²) in [5.41, 5.74) is 1.14. The molecular formula is C13H15FN2. The second-order valence-corrected chi connectivity index (χ2v) is 4.80.